The molecule has 1 aliphatic heterocycles. The van der Waals surface area contributed by atoms with Crippen LogP contribution in [0.2, 0.25) is 0 Å². The van der Waals surface area contributed by atoms with E-state index in [1.165, 1.54) is 31.2 Å². The highest BCUT2D eigenvalue weighted by molar-refractivity contribution is 14.0. The molecule has 1 aromatic heterocycles. The van der Waals surface area contributed by atoms with Gasteiger partial charge in [-0.25, -0.2) is 9.98 Å². The zero-order chi connectivity index (χ0) is 21.9. The van der Waals surface area contributed by atoms with Crippen LogP contribution in [0.1, 0.15) is 58.4 Å². The monoisotopic (exact) mass is 559 g/mol. The van der Waals surface area contributed by atoms with E-state index in [4.69, 9.17) is 14.5 Å². The second-order valence-corrected chi connectivity index (χ2v) is 8.60. The first-order valence-corrected chi connectivity index (χ1v) is 12.1. The highest BCUT2D eigenvalue weighted by Gasteiger charge is 2.25. The van der Waals surface area contributed by atoms with E-state index < -0.39 is 0 Å². The Bertz CT molecular complexity index is 684. The SMILES string of the molecule is CCNC(=NCc1ccnc(N2CCOC(C)C2)c1)NCCC(OCC)C1CCCC1.I. The average Bonchev–Trinajstić information content (AvgIpc) is 3.32. The normalized spacial score (nSPS) is 20.7. The topological polar surface area (TPSA) is 71.0 Å². The van der Waals surface area contributed by atoms with E-state index in [-0.39, 0.29) is 30.1 Å². The zero-order valence-electron chi connectivity index (χ0n) is 20.0. The van der Waals surface area contributed by atoms with E-state index in [0.717, 1.165) is 63.5 Å². The molecular formula is C24H42IN5O2. The predicted molar refractivity (Wildman–Crippen MR) is 142 cm³/mol. The van der Waals surface area contributed by atoms with Crippen LogP contribution in [0, 0.1) is 5.92 Å². The summed E-state index contributed by atoms with van der Waals surface area (Å²) >= 11 is 0. The maximum absolute atomic E-state index is 6.05. The van der Waals surface area contributed by atoms with E-state index in [2.05, 4.69) is 47.4 Å². The number of rotatable bonds is 10. The maximum Gasteiger partial charge on any atom is 0.191 e. The average molecular weight is 560 g/mol. The summed E-state index contributed by atoms with van der Waals surface area (Å²) in [4.78, 5) is 11.7. The van der Waals surface area contributed by atoms with Crippen LogP contribution in [-0.4, -0.2) is 62.5 Å². The number of anilines is 1. The minimum atomic E-state index is 0. The minimum Gasteiger partial charge on any atom is -0.378 e. The van der Waals surface area contributed by atoms with Crippen LogP contribution < -0.4 is 15.5 Å². The molecule has 0 spiro atoms. The fourth-order valence-electron chi connectivity index (χ4n) is 4.60. The molecule has 0 radical (unpaired) electrons. The van der Waals surface area contributed by atoms with Gasteiger partial charge in [-0.1, -0.05) is 12.8 Å². The molecule has 1 saturated heterocycles. The number of hydrogen-bond acceptors (Lipinski definition) is 5. The quantitative estimate of drug-likeness (QED) is 0.257. The molecule has 8 heteroatoms. The van der Waals surface area contributed by atoms with Gasteiger partial charge in [0, 0.05) is 39.0 Å². The van der Waals surface area contributed by atoms with Crippen molar-refractivity contribution in [1.29, 1.82) is 0 Å². The molecule has 2 atom stereocenters. The Morgan fingerprint density at radius 3 is 2.84 bits per heavy atom. The molecule has 2 unspecified atom stereocenters. The lowest BCUT2D eigenvalue weighted by Gasteiger charge is -2.32. The second-order valence-electron chi connectivity index (χ2n) is 8.60. The third kappa shape index (κ3) is 8.67. The Morgan fingerprint density at radius 2 is 2.12 bits per heavy atom. The molecule has 1 saturated carbocycles. The molecule has 3 rings (SSSR count). The largest absolute Gasteiger partial charge is 0.378 e. The van der Waals surface area contributed by atoms with Crippen LogP contribution in [0.4, 0.5) is 5.82 Å². The minimum absolute atomic E-state index is 0. The molecule has 0 amide bonds. The number of guanidine groups is 1. The van der Waals surface area contributed by atoms with Gasteiger partial charge in [0.15, 0.2) is 5.96 Å². The number of pyridine rings is 1. The van der Waals surface area contributed by atoms with E-state index >= 15 is 0 Å². The third-order valence-corrected chi connectivity index (χ3v) is 6.17. The van der Waals surface area contributed by atoms with Gasteiger partial charge in [-0.3, -0.25) is 0 Å². The van der Waals surface area contributed by atoms with Gasteiger partial charge < -0.3 is 25.0 Å². The van der Waals surface area contributed by atoms with E-state index in [0.29, 0.717) is 12.6 Å². The van der Waals surface area contributed by atoms with Gasteiger partial charge in [-0.15, -0.1) is 24.0 Å². The predicted octanol–water partition coefficient (Wildman–Crippen LogP) is 3.97. The number of aliphatic imine (C=N–C) groups is 1. The summed E-state index contributed by atoms with van der Waals surface area (Å²) in [6.45, 7) is 12.0. The van der Waals surface area contributed by atoms with Crippen molar-refractivity contribution < 1.29 is 9.47 Å². The Kier molecular flexibility index (Phi) is 12.6. The smallest absolute Gasteiger partial charge is 0.191 e. The number of nitrogens with one attached hydrogen (secondary N) is 2. The van der Waals surface area contributed by atoms with E-state index in [9.17, 15) is 0 Å². The van der Waals surface area contributed by atoms with Crippen LogP contribution in [0.15, 0.2) is 23.3 Å². The number of hydrogen-bond donors (Lipinski definition) is 2. The summed E-state index contributed by atoms with van der Waals surface area (Å²) in [5.74, 6) is 2.60. The lowest BCUT2D eigenvalue weighted by atomic mass is 9.98. The molecule has 182 valence electrons. The molecule has 1 aromatic rings. The molecule has 0 aromatic carbocycles. The maximum atomic E-state index is 6.05. The first-order chi connectivity index (χ1) is 15.2. The molecule has 2 aliphatic rings. The lowest BCUT2D eigenvalue weighted by molar-refractivity contribution is 0.0169. The van der Waals surface area contributed by atoms with Gasteiger partial charge in [-0.05, 0) is 63.6 Å². The van der Waals surface area contributed by atoms with Gasteiger partial charge >= 0.3 is 0 Å². The first kappa shape index (κ1) is 27.1. The van der Waals surface area contributed by atoms with E-state index in [1.807, 2.05) is 12.3 Å². The number of morpholine rings is 1. The second kappa shape index (κ2) is 14.9. The van der Waals surface area contributed by atoms with Crippen molar-refractivity contribution in [2.45, 2.75) is 71.6 Å². The molecular weight excluding hydrogens is 517 g/mol. The summed E-state index contributed by atoms with van der Waals surface area (Å²) < 4.78 is 11.7. The van der Waals surface area contributed by atoms with Crippen LogP contribution in [-0.2, 0) is 16.0 Å². The number of ether oxygens (including phenoxy) is 2. The molecule has 2 fully saturated rings. The Labute approximate surface area is 211 Å². The highest BCUT2D eigenvalue weighted by atomic mass is 127. The first-order valence-electron chi connectivity index (χ1n) is 12.1. The van der Waals surface area contributed by atoms with Gasteiger partial charge in [-0.2, -0.15) is 0 Å². The van der Waals surface area contributed by atoms with Crippen molar-refractivity contribution in [3.05, 3.63) is 23.9 Å². The van der Waals surface area contributed by atoms with Crippen molar-refractivity contribution in [2.75, 3.05) is 44.3 Å². The van der Waals surface area contributed by atoms with Crippen molar-refractivity contribution in [3.63, 3.8) is 0 Å². The fraction of sp³-hybridized carbons (Fsp3) is 0.750. The van der Waals surface area contributed by atoms with E-state index in [1.54, 1.807) is 0 Å². The molecule has 32 heavy (non-hydrogen) atoms. The summed E-state index contributed by atoms with van der Waals surface area (Å²) in [5, 5.41) is 6.87. The van der Waals surface area contributed by atoms with Gasteiger partial charge in [0.1, 0.15) is 5.82 Å². The number of halogens is 1. The van der Waals surface area contributed by atoms with Gasteiger partial charge in [0.2, 0.25) is 0 Å². The molecule has 2 heterocycles. The zero-order valence-corrected chi connectivity index (χ0v) is 22.3. The summed E-state index contributed by atoms with van der Waals surface area (Å²) in [6, 6.07) is 4.20. The van der Waals surface area contributed by atoms with Crippen LogP contribution in [0.3, 0.4) is 0 Å². The third-order valence-electron chi connectivity index (χ3n) is 6.17. The molecule has 0 bridgehead atoms. The van der Waals surface area contributed by atoms with Crippen molar-refractivity contribution >= 4 is 35.8 Å². The molecule has 2 N–H and O–H groups in total. The van der Waals surface area contributed by atoms with Crippen molar-refractivity contribution in [3.8, 4) is 0 Å². The van der Waals surface area contributed by atoms with Gasteiger partial charge in [0.05, 0.1) is 25.4 Å². The summed E-state index contributed by atoms with van der Waals surface area (Å²) in [5.41, 5.74) is 1.17. The Hall–Kier alpha value is -1.13. The highest BCUT2D eigenvalue weighted by Crippen LogP contribution is 2.30. The fourth-order valence-corrected chi connectivity index (χ4v) is 4.60. The number of nitrogens with zero attached hydrogens (tertiary/aromatic N) is 3. The van der Waals surface area contributed by atoms with Gasteiger partial charge in [0.25, 0.3) is 0 Å². The van der Waals surface area contributed by atoms with Crippen molar-refractivity contribution in [2.24, 2.45) is 10.9 Å². The summed E-state index contributed by atoms with van der Waals surface area (Å²) in [7, 11) is 0. The van der Waals surface area contributed by atoms with Crippen LogP contribution >= 0.6 is 24.0 Å². The Morgan fingerprint density at radius 1 is 1.31 bits per heavy atom. The molecule has 7 nitrogen and oxygen atoms in total. The van der Waals surface area contributed by atoms with Crippen LogP contribution in [0.25, 0.3) is 0 Å². The van der Waals surface area contributed by atoms with Crippen molar-refractivity contribution in [1.82, 2.24) is 15.6 Å². The standard InChI is InChI=1S/C24H41N5O2.HI/c1-4-25-24(27-13-11-22(30-5-2)21-8-6-7-9-21)28-17-20-10-12-26-23(16-20)29-14-15-31-19(3)18-29;/h10,12,16,19,21-22H,4-9,11,13-15,17-18H2,1-3H3,(H2,25,27,28);1H. The van der Waals surface area contributed by atoms with Crippen LogP contribution in [0.5, 0.6) is 0 Å². The lowest BCUT2D eigenvalue weighted by Crippen LogP contribution is -2.41. The summed E-state index contributed by atoms with van der Waals surface area (Å²) in [6.07, 6.45) is 8.84. The number of aromatic nitrogens is 1. The molecule has 1 aliphatic carbocycles. The Balaban J connectivity index is 0.00000363.